The van der Waals surface area contributed by atoms with Gasteiger partial charge in [-0.15, -0.1) is 0 Å². The van der Waals surface area contributed by atoms with E-state index in [4.69, 9.17) is 4.74 Å². The number of hydrogen-bond acceptors (Lipinski definition) is 5. The Balaban J connectivity index is 1.69. The number of aromatic nitrogens is 1. The molecule has 156 valence electrons. The molecular weight excluding hydrogens is 390 g/mol. The molecule has 4 rings (SSSR count). The van der Waals surface area contributed by atoms with E-state index < -0.39 is 0 Å². The second-order valence-corrected chi connectivity index (χ2v) is 7.13. The van der Waals surface area contributed by atoms with Gasteiger partial charge in [-0.05, 0) is 48.4 Å². The Morgan fingerprint density at radius 1 is 0.903 bits per heavy atom. The van der Waals surface area contributed by atoms with Crippen molar-refractivity contribution in [3.05, 3.63) is 95.9 Å². The highest BCUT2D eigenvalue weighted by Crippen LogP contribution is 2.32. The second-order valence-electron chi connectivity index (χ2n) is 7.13. The van der Waals surface area contributed by atoms with E-state index in [-0.39, 0.29) is 24.1 Å². The van der Waals surface area contributed by atoms with Crippen molar-refractivity contribution in [1.82, 2.24) is 9.88 Å². The SMILES string of the molecule is CCCOc1ccc(C2=C(Nc3ccccc3)C(=O)N(Cc3ccccn3)C2=O)cc1. The lowest BCUT2D eigenvalue weighted by Crippen LogP contribution is -2.32. The molecule has 1 aliphatic heterocycles. The number of rotatable bonds is 8. The number of nitrogens with zero attached hydrogens (tertiary/aromatic N) is 2. The largest absolute Gasteiger partial charge is 0.494 e. The summed E-state index contributed by atoms with van der Waals surface area (Å²) in [7, 11) is 0. The molecule has 2 amide bonds. The second kappa shape index (κ2) is 9.26. The summed E-state index contributed by atoms with van der Waals surface area (Å²) in [5, 5.41) is 3.15. The lowest BCUT2D eigenvalue weighted by Gasteiger charge is -2.14. The van der Waals surface area contributed by atoms with Crippen LogP contribution >= 0.6 is 0 Å². The van der Waals surface area contributed by atoms with Crippen molar-refractivity contribution in [1.29, 1.82) is 0 Å². The van der Waals surface area contributed by atoms with Crippen molar-refractivity contribution in [3.8, 4) is 5.75 Å². The Labute approximate surface area is 181 Å². The minimum Gasteiger partial charge on any atom is -0.494 e. The molecule has 1 aromatic heterocycles. The fourth-order valence-corrected chi connectivity index (χ4v) is 3.36. The van der Waals surface area contributed by atoms with E-state index in [1.54, 1.807) is 18.3 Å². The lowest BCUT2D eigenvalue weighted by molar-refractivity contribution is -0.137. The van der Waals surface area contributed by atoms with Gasteiger partial charge in [0, 0.05) is 11.9 Å². The maximum absolute atomic E-state index is 13.3. The zero-order chi connectivity index (χ0) is 21.6. The van der Waals surface area contributed by atoms with E-state index in [2.05, 4.69) is 10.3 Å². The van der Waals surface area contributed by atoms with E-state index in [1.807, 2.05) is 67.6 Å². The Hall–Kier alpha value is -3.93. The number of carbonyl (C=O) groups is 2. The predicted octanol–water partition coefficient (Wildman–Crippen LogP) is 4.26. The molecular formula is C25H23N3O3. The molecule has 1 N–H and O–H groups in total. The first-order valence-electron chi connectivity index (χ1n) is 10.2. The number of anilines is 1. The van der Waals surface area contributed by atoms with Crippen LogP contribution in [0.4, 0.5) is 5.69 Å². The minimum atomic E-state index is -0.374. The molecule has 3 aromatic rings. The summed E-state index contributed by atoms with van der Waals surface area (Å²) in [5.74, 6) is 0.00279. The fourth-order valence-electron chi connectivity index (χ4n) is 3.36. The van der Waals surface area contributed by atoms with Crippen molar-refractivity contribution in [3.63, 3.8) is 0 Å². The van der Waals surface area contributed by atoms with Crippen LogP contribution in [0, 0.1) is 0 Å². The molecule has 0 unspecified atom stereocenters. The van der Waals surface area contributed by atoms with E-state index in [0.717, 1.165) is 17.9 Å². The summed E-state index contributed by atoms with van der Waals surface area (Å²) in [6, 6.07) is 22.0. The standard InChI is InChI=1S/C25H23N3O3/c1-2-16-31-21-13-11-18(12-14-21)22-23(27-19-8-4-3-5-9-19)25(30)28(24(22)29)17-20-10-6-7-15-26-20/h3-15,27H,2,16-17H2,1H3. The van der Waals surface area contributed by atoms with Crippen LogP contribution in [-0.4, -0.2) is 28.3 Å². The van der Waals surface area contributed by atoms with E-state index in [0.29, 0.717) is 23.4 Å². The number of carbonyl (C=O) groups excluding carboxylic acids is 2. The Kier molecular flexibility index (Phi) is 6.08. The summed E-state index contributed by atoms with van der Waals surface area (Å²) in [4.78, 5) is 32.1. The van der Waals surface area contributed by atoms with E-state index in [1.165, 1.54) is 4.90 Å². The first kappa shape index (κ1) is 20.3. The van der Waals surface area contributed by atoms with Crippen LogP contribution in [-0.2, 0) is 16.1 Å². The number of benzene rings is 2. The van der Waals surface area contributed by atoms with Gasteiger partial charge in [0.05, 0.1) is 24.4 Å². The van der Waals surface area contributed by atoms with Gasteiger partial charge in [0.15, 0.2) is 0 Å². The predicted molar refractivity (Wildman–Crippen MR) is 119 cm³/mol. The highest BCUT2D eigenvalue weighted by atomic mass is 16.5. The first-order chi connectivity index (χ1) is 15.2. The van der Waals surface area contributed by atoms with Gasteiger partial charge in [0.1, 0.15) is 11.4 Å². The lowest BCUT2D eigenvalue weighted by atomic mass is 10.0. The molecule has 0 atom stereocenters. The number of nitrogens with one attached hydrogen (secondary N) is 1. The van der Waals surface area contributed by atoms with Gasteiger partial charge in [-0.1, -0.05) is 43.3 Å². The van der Waals surface area contributed by atoms with Crippen LogP contribution in [0.1, 0.15) is 24.6 Å². The number of ether oxygens (including phenoxy) is 1. The van der Waals surface area contributed by atoms with Crippen molar-refractivity contribution in [2.45, 2.75) is 19.9 Å². The highest BCUT2D eigenvalue weighted by molar-refractivity contribution is 6.36. The number of imide groups is 1. The molecule has 6 heteroatoms. The van der Waals surface area contributed by atoms with Crippen molar-refractivity contribution in [2.24, 2.45) is 0 Å². The Morgan fingerprint density at radius 3 is 2.32 bits per heavy atom. The molecule has 0 fully saturated rings. The fraction of sp³-hybridized carbons (Fsp3) is 0.160. The van der Waals surface area contributed by atoms with Gasteiger partial charge in [-0.3, -0.25) is 19.5 Å². The van der Waals surface area contributed by atoms with Gasteiger partial charge in [0.25, 0.3) is 11.8 Å². The first-order valence-corrected chi connectivity index (χ1v) is 10.2. The maximum Gasteiger partial charge on any atom is 0.278 e. The molecule has 0 aliphatic carbocycles. The normalized spacial score (nSPS) is 13.6. The Bertz CT molecular complexity index is 1090. The third-order valence-corrected chi connectivity index (χ3v) is 4.87. The van der Waals surface area contributed by atoms with Gasteiger partial charge in [-0.2, -0.15) is 0 Å². The Morgan fingerprint density at radius 2 is 1.65 bits per heavy atom. The van der Waals surface area contributed by atoms with Crippen LogP contribution in [0.5, 0.6) is 5.75 Å². The quantitative estimate of drug-likeness (QED) is 0.559. The van der Waals surface area contributed by atoms with Crippen LogP contribution in [0.3, 0.4) is 0 Å². The number of para-hydroxylation sites is 1. The van der Waals surface area contributed by atoms with Gasteiger partial charge < -0.3 is 10.1 Å². The van der Waals surface area contributed by atoms with E-state index >= 15 is 0 Å². The zero-order valence-corrected chi connectivity index (χ0v) is 17.2. The molecule has 1 aliphatic rings. The molecule has 6 nitrogen and oxygen atoms in total. The summed E-state index contributed by atoms with van der Waals surface area (Å²) < 4.78 is 5.64. The summed E-state index contributed by atoms with van der Waals surface area (Å²) in [6.07, 6.45) is 2.56. The van der Waals surface area contributed by atoms with Crippen molar-refractivity contribution < 1.29 is 14.3 Å². The number of pyridine rings is 1. The smallest absolute Gasteiger partial charge is 0.278 e. The van der Waals surface area contributed by atoms with Gasteiger partial charge in [0.2, 0.25) is 0 Å². The molecule has 0 radical (unpaired) electrons. The van der Waals surface area contributed by atoms with Crippen LogP contribution in [0.15, 0.2) is 84.7 Å². The monoisotopic (exact) mass is 413 g/mol. The molecule has 0 spiro atoms. The molecule has 0 saturated heterocycles. The summed E-state index contributed by atoms with van der Waals surface area (Å²) in [6.45, 7) is 2.78. The molecule has 31 heavy (non-hydrogen) atoms. The average Bonchev–Trinajstić information content (AvgIpc) is 3.04. The topological polar surface area (TPSA) is 71.5 Å². The average molecular weight is 413 g/mol. The number of amides is 2. The minimum absolute atomic E-state index is 0.111. The van der Waals surface area contributed by atoms with Crippen LogP contribution in [0.2, 0.25) is 0 Å². The zero-order valence-electron chi connectivity index (χ0n) is 17.2. The molecule has 0 bridgehead atoms. The highest BCUT2D eigenvalue weighted by Gasteiger charge is 2.39. The van der Waals surface area contributed by atoms with Crippen LogP contribution < -0.4 is 10.1 Å². The van der Waals surface area contributed by atoms with E-state index in [9.17, 15) is 9.59 Å². The van der Waals surface area contributed by atoms with Crippen LogP contribution in [0.25, 0.3) is 5.57 Å². The number of hydrogen-bond donors (Lipinski definition) is 1. The third kappa shape index (κ3) is 4.48. The summed E-state index contributed by atoms with van der Waals surface area (Å²) in [5.41, 5.74) is 2.64. The van der Waals surface area contributed by atoms with Gasteiger partial charge >= 0.3 is 0 Å². The van der Waals surface area contributed by atoms with Gasteiger partial charge in [-0.25, -0.2) is 0 Å². The molecule has 0 saturated carbocycles. The van der Waals surface area contributed by atoms with Crippen molar-refractivity contribution >= 4 is 23.1 Å². The molecule has 2 aromatic carbocycles. The van der Waals surface area contributed by atoms with Crippen molar-refractivity contribution in [2.75, 3.05) is 11.9 Å². The summed E-state index contributed by atoms with van der Waals surface area (Å²) >= 11 is 0. The molecule has 2 heterocycles. The third-order valence-electron chi connectivity index (χ3n) is 4.87. The maximum atomic E-state index is 13.3.